The van der Waals surface area contributed by atoms with Crippen molar-refractivity contribution in [3.05, 3.63) is 70.5 Å². The first kappa shape index (κ1) is 19.2. The van der Waals surface area contributed by atoms with Crippen LogP contribution in [0.15, 0.2) is 54.9 Å². The van der Waals surface area contributed by atoms with E-state index in [1.54, 1.807) is 24.5 Å². The Balaban J connectivity index is 1.82. The summed E-state index contributed by atoms with van der Waals surface area (Å²) in [5.41, 5.74) is 2.52. The summed E-state index contributed by atoms with van der Waals surface area (Å²) in [6, 6.07) is 11.6. The van der Waals surface area contributed by atoms with Crippen LogP contribution in [0.4, 0.5) is 17.5 Å². The Morgan fingerprint density at radius 1 is 1.14 bits per heavy atom. The number of pyridine rings is 1. The van der Waals surface area contributed by atoms with Crippen molar-refractivity contribution < 1.29 is 10.0 Å². The number of hydrogen-bond acceptors (Lipinski definition) is 8. The van der Waals surface area contributed by atoms with Crippen LogP contribution in [0.5, 0.6) is 0 Å². The standard InChI is InChI=1S/C19H20N6O3/c1-13(12-26)22-19-23-17(15-6-8-20-9-7-15)10-18(24-19)21-11-14-2-4-16(5-3-14)25(27)28/h2-10,13,26H,11-12H2,1H3,(H2,21,22,23,24)/t13-/m1/s1. The molecule has 0 unspecified atom stereocenters. The van der Waals surface area contributed by atoms with E-state index in [-0.39, 0.29) is 18.3 Å². The summed E-state index contributed by atoms with van der Waals surface area (Å²) in [5, 5.41) is 26.3. The largest absolute Gasteiger partial charge is 0.394 e. The second-order valence-electron chi connectivity index (χ2n) is 6.20. The van der Waals surface area contributed by atoms with E-state index >= 15 is 0 Å². The summed E-state index contributed by atoms with van der Waals surface area (Å²) >= 11 is 0. The maximum absolute atomic E-state index is 10.8. The zero-order chi connectivity index (χ0) is 19.9. The number of non-ortho nitro benzene ring substituents is 1. The maximum Gasteiger partial charge on any atom is 0.269 e. The van der Waals surface area contributed by atoms with E-state index in [4.69, 9.17) is 0 Å². The molecule has 1 atom stereocenters. The van der Waals surface area contributed by atoms with Crippen molar-refractivity contribution >= 4 is 17.5 Å². The molecule has 3 aromatic rings. The summed E-state index contributed by atoms with van der Waals surface area (Å²) in [7, 11) is 0. The Labute approximate surface area is 161 Å². The predicted octanol–water partition coefficient (Wildman–Crippen LogP) is 2.85. The van der Waals surface area contributed by atoms with Crippen LogP contribution in [0, 0.1) is 10.1 Å². The van der Waals surface area contributed by atoms with Crippen LogP contribution in [0.3, 0.4) is 0 Å². The third-order valence-electron chi connectivity index (χ3n) is 3.97. The van der Waals surface area contributed by atoms with Crippen molar-refractivity contribution in [2.45, 2.75) is 19.5 Å². The summed E-state index contributed by atoms with van der Waals surface area (Å²) in [6.45, 7) is 2.22. The van der Waals surface area contributed by atoms with Gasteiger partial charge in [0.25, 0.3) is 5.69 Å². The van der Waals surface area contributed by atoms with E-state index in [9.17, 15) is 15.2 Å². The Morgan fingerprint density at radius 2 is 1.86 bits per heavy atom. The van der Waals surface area contributed by atoms with Gasteiger partial charge in [0.05, 0.1) is 17.2 Å². The first-order valence-electron chi connectivity index (χ1n) is 8.69. The molecule has 9 nitrogen and oxygen atoms in total. The van der Waals surface area contributed by atoms with Gasteiger partial charge >= 0.3 is 0 Å². The van der Waals surface area contributed by atoms with Crippen molar-refractivity contribution in [1.29, 1.82) is 0 Å². The Morgan fingerprint density at radius 3 is 2.50 bits per heavy atom. The Bertz CT molecular complexity index is 934. The number of nitro groups is 1. The van der Waals surface area contributed by atoms with Crippen LogP contribution in [0.1, 0.15) is 12.5 Å². The zero-order valence-corrected chi connectivity index (χ0v) is 15.2. The van der Waals surface area contributed by atoms with Gasteiger partial charge in [-0.25, -0.2) is 4.98 Å². The molecule has 0 radical (unpaired) electrons. The van der Waals surface area contributed by atoms with Gasteiger partial charge in [0.15, 0.2) is 0 Å². The highest BCUT2D eigenvalue weighted by atomic mass is 16.6. The normalized spacial score (nSPS) is 11.6. The maximum atomic E-state index is 10.8. The Hall–Kier alpha value is -3.59. The van der Waals surface area contributed by atoms with E-state index in [0.717, 1.165) is 11.1 Å². The molecule has 0 spiro atoms. The first-order valence-corrected chi connectivity index (χ1v) is 8.69. The molecular weight excluding hydrogens is 360 g/mol. The van der Waals surface area contributed by atoms with E-state index in [2.05, 4.69) is 25.6 Å². The van der Waals surface area contributed by atoms with Gasteiger partial charge in [0, 0.05) is 48.7 Å². The van der Waals surface area contributed by atoms with Crippen molar-refractivity contribution in [3.63, 3.8) is 0 Å². The molecule has 0 fully saturated rings. The molecule has 0 bridgehead atoms. The molecule has 0 amide bonds. The van der Waals surface area contributed by atoms with Crippen LogP contribution >= 0.6 is 0 Å². The van der Waals surface area contributed by atoms with E-state index in [1.165, 1.54) is 12.1 Å². The summed E-state index contributed by atoms with van der Waals surface area (Å²) in [5.74, 6) is 0.981. The highest BCUT2D eigenvalue weighted by Gasteiger charge is 2.10. The average molecular weight is 380 g/mol. The van der Waals surface area contributed by atoms with Gasteiger partial charge in [0.2, 0.25) is 5.95 Å². The fourth-order valence-corrected chi connectivity index (χ4v) is 2.47. The number of nitro benzene ring substituents is 1. The molecule has 0 saturated heterocycles. The summed E-state index contributed by atoms with van der Waals surface area (Å²) in [6.07, 6.45) is 3.37. The first-order chi connectivity index (χ1) is 13.5. The number of nitrogens with zero attached hydrogens (tertiary/aromatic N) is 4. The van der Waals surface area contributed by atoms with Gasteiger partial charge in [-0.2, -0.15) is 4.98 Å². The Kier molecular flexibility index (Phi) is 6.07. The number of aromatic nitrogens is 3. The molecule has 0 saturated carbocycles. The van der Waals surface area contributed by atoms with Crippen LogP contribution in [0.2, 0.25) is 0 Å². The SMILES string of the molecule is C[C@H](CO)Nc1nc(NCc2ccc([N+](=O)[O-])cc2)cc(-c2ccncc2)n1. The lowest BCUT2D eigenvalue weighted by molar-refractivity contribution is -0.384. The third kappa shape index (κ3) is 4.98. The lowest BCUT2D eigenvalue weighted by atomic mass is 10.2. The minimum Gasteiger partial charge on any atom is -0.394 e. The van der Waals surface area contributed by atoms with E-state index < -0.39 is 4.92 Å². The van der Waals surface area contributed by atoms with Crippen LogP contribution in [-0.2, 0) is 6.54 Å². The number of anilines is 2. The van der Waals surface area contributed by atoms with Crippen molar-refractivity contribution in [2.75, 3.05) is 17.2 Å². The summed E-state index contributed by atoms with van der Waals surface area (Å²) < 4.78 is 0. The average Bonchev–Trinajstić information content (AvgIpc) is 2.73. The smallest absolute Gasteiger partial charge is 0.269 e. The summed E-state index contributed by atoms with van der Waals surface area (Å²) in [4.78, 5) is 23.3. The van der Waals surface area contributed by atoms with Crippen molar-refractivity contribution in [3.8, 4) is 11.3 Å². The highest BCUT2D eigenvalue weighted by Crippen LogP contribution is 2.22. The second-order valence-corrected chi connectivity index (χ2v) is 6.20. The number of nitrogens with one attached hydrogen (secondary N) is 2. The van der Waals surface area contributed by atoms with Gasteiger partial charge in [-0.1, -0.05) is 12.1 Å². The van der Waals surface area contributed by atoms with Crippen LogP contribution in [0.25, 0.3) is 11.3 Å². The lowest BCUT2D eigenvalue weighted by Crippen LogP contribution is -2.21. The molecule has 0 aliphatic heterocycles. The molecule has 0 aliphatic rings. The minimum absolute atomic E-state index is 0.0472. The lowest BCUT2D eigenvalue weighted by Gasteiger charge is -2.14. The van der Waals surface area contributed by atoms with Gasteiger partial charge in [-0.3, -0.25) is 15.1 Å². The second kappa shape index (κ2) is 8.87. The number of aliphatic hydroxyl groups is 1. The fourth-order valence-electron chi connectivity index (χ4n) is 2.47. The molecule has 3 rings (SSSR count). The number of benzene rings is 1. The third-order valence-corrected chi connectivity index (χ3v) is 3.97. The van der Waals surface area contributed by atoms with E-state index in [0.29, 0.717) is 24.0 Å². The molecule has 9 heteroatoms. The molecule has 1 aromatic carbocycles. The van der Waals surface area contributed by atoms with Crippen molar-refractivity contribution in [1.82, 2.24) is 15.0 Å². The van der Waals surface area contributed by atoms with Gasteiger partial charge in [-0.05, 0) is 24.6 Å². The molecule has 144 valence electrons. The van der Waals surface area contributed by atoms with Crippen LogP contribution < -0.4 is 10.6 Å². The minimum atomic E-state index is -0.428. The van der Waals surface area contributed by atoms with Crippen molar-refractivity contribution in [2.24, 2.45) is 0 Å². The quantitative estimate of drug-likeness (QED) is 0.402. The number of aliphatic hydroxyl groups excluding tert-OH is 1. The van der Waals surface area contributed by atoms with Gasteiger partial charge in [-0.15, -0.1) is 0 Å². The monoisotopic (exact) mass is 380 g/mol. The fraction of sp³-hybridized carbons (Fsp3) is 0.211. The van der Waals surface area contributed by atoms with E-state index in [1.807, 2.05) is 25.1 Å². The molecule has 2 aromatic heterocycles. The number of hydrogen-bond donors (Lipinski definition) is 3. The molecule has 2 heterocycles. The molecule has 28 heavy (non-hydrogen) atoms. The van der Waals surface area contributed by atoms with Gasteiger partial charge < -0.3 is 15.7 Å². The predicted molar refractivity (Wildman–Crippen MR) is 106 cm³/mol. The zero-order valence-electron chi connectivity index (χ0n) is 15.2. The van der Waals surface area contributed by atoms with Crippen LogP contribution in [-0.4, -0.2) is 37.6 Å². The van der Waals surface area contributed by atoms with Gasteiger partial charge in [0.1, 0.15) is 5.82 Å². The molecule has 3 N–H and O–H groups in total. The highest BCUT2D eigenvalue weighted by molar-refractivity contribution is 5.64. The number of rotatable bonds is 8. The topological polar surface area (TPSA) is 126 Å². The molecule has 0 aliphatic carbocycles. The molecular formula is C19H20N6O3.